The van der Waals surface area contributed by atoms with Crippen LogP contribution in [0.1, 0.15) is 22.8 Å². The standard InChI is InChI=1S/C9H8N2O2/c1-5(12)9-6(4-10)7(11)2-3-8(9)13/h2-3,13H,11H2,1H3. The van der Waals surface area contributed by atoms with Crippen molar-refractivity contribution in [3.8, 4) is 11.8 Å². The third-order valence-electron chi connectivity index (χ3n) is 1.68. The van der Waals surface area contributed by atoms with Gasteiger partial charge in [-0.15, -0.1) is 0 Å². The Balaban J connectivity index is 3.55. The number of anilines is 1. The van der Waals surface area contributed by atoms with Crippen molar-refractivity contribution in [3.63, 3.8) is 0 Å². The third kappa shape index (κ3) is 1.44. The Morgan fingerprint density at radius 3 is 2.62 bits per heavy atom. The Labute approximate surface area is 75.2 Å². The smallest absolute Gasteiger partial charge is 0.164 e. The molecule has 0 spiro atoms. The number of hydrogen-bond donors (Lipinski definition) is 2. The van der Waals surface area contributed by atoms with E-state index >= 15 is 0 Å². The Bertz CT molecular complexity index is 405. The van der Waals surface area contributed by atoms with Gasteiger partial charge >= 0.3 is 0 Å². The predicted molar refractivity (Wildman–Crippen MR) is 47.2 cm³/mol. The first kappa shape index (κ1) is 9.07. The van der Waals surface area contributed by atoms with Crippen LogP contribution in [0.15, 0.2) is 12.1 Å². The van der Waals surface area contributed by atoms with Gasteiger partial charge in [0.1, 0.15) is 11.8 Å². The summed E-state index contributed by atoms with van der Waals surface area (Å²) in [4.78, 5) is 11.0. The van der Waals surface area contributed by atoms with E-state index in [9.17, 15) is 9.90 Å². The van der Waals surface area contributed by atoms with Gasteiger partial charge in [-0.1, -0.05) is 0 Å². The van der Waals surface area contributed by atoms with E-state index in [0.29, 0.717) is 0 Å². The predicted octanol–water partition coefficient (Wildman–Crippen LogP) is 1.05. The van der Waals surface area contributed by atoms with E-state index in [4.69, 9.17) is 11.0 Å². The third-order valence-corrected chi connectivity index (χ3v) is 1.68. The van der Waals surface area contributed by atoms with Crippen LogP contribution >= 0.6 is 0 Å². The Morgan fingerprint density at radius 1 is 1.62 bits per heavy atom. The molecule has 1 aromatic rings. The molecule has 0 fully saturated rings. The summed E-state index contributed by atoms with van der Waals surface area (Å²) in [5.41, 5.74) is 5.68. The van der Waals surface area contributed by atoms with Crippen molar-refractivity contribution in [2.75, 3.05) is 5.73 Å². The van der Waals surface area contributed by atoms with E-state index in [2.05, 4.69) is 0 Å². The summed E-state index contributed by atoms with van der Waals surface area (Å²) < 4.78 is 0. The van der Waals surface area contributed by atoms with Crippen LogP contribution < -0.4 is 5.73 Å². The number of ketones is 1. The fourth-order valence-corrected chi connectivity index (χ4v) is 1.08. The highest BCUT2D eigenvalue weighted by molar-refractivity contribution is 6.00. The van der Waals surface area contributed by atoms with Crippen molar-refractivity contribution in [2.45, 2.75) is 6.92 Å². The molecule has 1 rings (SSSR count). The molecule has 0 aliphatic heterocycles. The molecule has 0 aromatic heterocycles. The monoisotopic (exact) mass is 176 g/mol. The molecule has 0 heterocycles. The van der Waals surface area contributed by atoms with Crippen LogP contribution in [0.25, 0.3) is 0 Å². The van der Waals surface area contributed by atoms with Crippen molar-refractivity contribution in [3.05, 3.63) is 23.3 Å². The summed E-state index contributed by atoms with van der Waals surface area (Å²) in [5.74, 6) is -0.584. The number of aromatic hydroxyl groups is 1. The van der Waals surface area contributed by atoms with E-state index in [0.717, 1.165) is 0 Å². The number of carbonyl (C=O) groups excluding carboxylic acids is 1. The number of phenolic OH excluding ortho intramolecular Hbond substituents is 1. The molecular formula is C9H8N2O2. The zero-order chi connectivity index (χ0) is 10.0. The van der Waals surface area contributed by atoms with Gasteiger partial charge in [-0.05, 0) is 19.1 Å². The van der Waals surface area contributed by atoms with Crippen molar-refractivity contribution in [2.24, 2.45) is 0 Å². The number of phenols is 1. The topological polar surface area (TPSA) is 87.1 Å². The number of Topliss-reactive ketones (excluding diaryl/α,β-unsaturated/α-hetero) is 1. The van der Waals surface area contributed by atoms with E-state index in [1.165, 1.54) is 19.1 Å². The maximum atomic E-state index is 11.0. The van der Waals surface area contributed by atoms with Crippen molar-refractivity contribution < 1.29 is 9.90 Å². The van der Waals surface area contributed by atoms with Crippen LogP contribution in [0.2, 0.25) is 0 Å². The van der Waals surface area contributed by atoms with Crippen molar-refractivity contribution in [1.29, 1.82) is 5.26 Å². The molecule has 0 radical (unpaired) electrons. The van der Waals surface area contributed by atoms with E-state index in [1.54, 1.807) is 6.07 Å². The minimum atomic E-state index is -0.374. The molecule has 13 heavy (non-hydrogen) atoms. The van der Waals surface area contributed by atoms with Crippen LogP contribution in [0, 0.1) is 11.3 Å². The lowest BCUT2D eigenvalue weighted by molar-refractivity contribution is 0.101. The first-order valence-corrected chi connectivity index (χ1v) is 3.60. The van der Waals surface area contributed by atoms with E-state index in [-0.39, 0.29) is 28.3 Å². The fraction of sp³-hybridized carbons (Fsp3) is 0.111. The van der Waals surface area contributed by atoms with Gasteiger partial charge in [0.05, 0.1) is 16.8 Å². The minimum Gasteiger partial charge on any atom is -0.507 e. The van der Waals surface area contributed by atoms with Gasteiger partial charge in [0, 0.05) is 0 Å². The summed E-state index contributed by atoms with van der Waals surface area (Å²) in [6, 6.07) is 4.47. The Kier molecular flexibility index (Phi) is 2.20. The maximum Gasteiger partial charge on any atom is 0.164 e. The molecule has 0 atom stereocenters. The summed E-state index contributed by atoms with van der Waals surface area (Å²) in [7, 11) is 0. The normalized spacial score (nSPS) is 9.23. The quantitative estimate of drug-likeness (QED) is 0.380. The van der Waals surface area contributed by atoms with Crippen LogP contribution in [-0.2, 0) is 0 Å². The first-order chi connectivity index (χ1) is 6.07. The second kappa shape index (κ2) is 3.15. The highest BCUT2D eigenvalue weighted by Crippen LogP contribution is 2.25. The van der Waals surface area contributed by atoms with E-state index in [1.807, 2.05) is 0 Å². The van der Waals surface area contributed by atoms with E-state index < -0.39 is 0 Å². The molecule has 0 aliphatic carbocycles. The Hall–Kier alpha value is -2.02. The number of benzene rings is 1. The highest BCUT2D eigenvalue weighted by atomic mass is 16.3. The first-order valence-electron chi connectivity index (χ1n) is 3.60. The number of rotatable bonds is 1. The lowest BCUT2D eigenvalue weighted by Crippen LogP contribution is -2.01. The summed E-state index contributed by atoms with van der Waals surface area (Å²) in [6.07, 6.45) is 0. The lowest BCUT2D eigenvalue weighted by atomic mass is 10.0. The fourth-order valence-electron chi connectivity index (χ4n) is 1.08. The number of hydrogen-bond acceptors (Lipinski definition) is 4. The Morgan fingerprint density at radius 2 is 2.23 bits per heavy atom. The average molecular weight is 176 g/mol. The molecule has 0 saturated heterocycles. The zero-order valence-corrected chi connectivity index (χ0v) is 7.03. The van der Waals surface area contributed by atoms with Crippen molar-refractivity contribution >= 4 is 11.5 Å². The molecule has 66 valence electrons. The molecular weight excluding hydrogens is 168 g/mol. The van der Waals surface area contributed by atoms with Crippen LogP contribution in [-0.4, -0.2) is 10.9 Å². The van der Waals surface area contributed by atoms with Gasteiger partial charge in [0.2, 0.25) is 0 Å². The second-order valence-corrected chi connectivity index (χ2v) is 2.59. The van der Waals surface area contributed by atoms with Crippen LogP contribution in [0.5, 0.6) is 5.75 Å². The number of nitriles is 1. The largest absolute Gasteiger partial charge is 0.507 e. The molecule has 0 saturated carbocycles. The number of nitrogen functional groups attached to an aromatic ring is 1. The zero-order valence-electron chi connectivity index (χ0n) is 7.03. The summed E-state index contributed by atoms with van der Waals surface area (Å²) in [6.45, 7) is 1.27. The molecule has 1 aromatic carbocycles. The molecule has 0 unspecified atom stereocenters. The minimum absolute atomic E-state index is 0.0116. The van der Waals surface area contributed by atoms with Crippen molar-refractivity contribution in [1.82, 2.24) is 0 Å². The summed E-state index contributed by atoms with van der Waals surface area (Å²) in [5, 5.41) is 18.0. The lowest BCUT2D eigenvalue weighted by Gasteiger charge is -2.04. The molecule has 4 nitrogen and oxygen atoms in total. The molecule has 3 N–H and O–H groups in total. The summed E-state index contributed by atoms with van der Waals surface area (Å²) >= 11 is 0. The van der Waals surface area contributed by atoms with Crippen LogP contribution in [0.4, 0.5) is 5.69 Å². The van der Waals surface area contributed by atoms with Gasteiger partial charge in [0.25, 0.3) is 0 Å². The number of carbonyl (C=O) groups is 1. The average Bonchev–Trinajstić information content (AvgIpc) is 2.07. The maximum absolute atomic E-state index is 11.0. The second-order valence-electron chi connectivity index (χ2n) is 2.59. The van der Waals surface area contributed by atoms with Gasteiger partial charge in [0.15, 0.2) is 5.78 Å². The van der Waals surface area contributed by atoms with Gasteiger partial charge in [-0.3, -0.25) is 4.79 Å². The van der Waals surface area contributed by atoms with Gasteiger partial charge < -0.3 is 10.8 Å². The highest BCUT2D eigenvalue weighted by Gasteiger charge is 2.14. The molecule has 0 bridgehead atoms. The SMILES string of the molecule is CC(=O)c1c(O)ccc(N)c1C#N. The number of nitrogens with zero attached hydrogens (tertiary/aromatic N) is 1. The molecule has 4 heteroatoms. The number of nitrogens with two attached hydrogens (primary N) is 1. The van der Waals surface area contributed by atoms with Gasteiger partial charge in [-0.2, -0.15) is 5.26 Å². The van der Waals surface area contributed by atoms with Gasteiger partial charge in [-0.25, -0.2) is 0 Å². The molecule has 0 amide bonds. The molecule has 0 aliphatic rings. The van der Waals surface area contributed by atoms with Crippen LogP contribution in [0.3, 0.4) is 0 Å².